The number of piperazine rings is 1. The average molecular weight is 452 g/mol. The van der Waals surface area contributed by atoms with Crippen LogP contribution >= 0.6 is 0 Å². The summed E-state index contributed by atoms with van der Waals surface area (Å²) in [6.45, 7) is 4.84. The van der Waals surface area contributed by atoms with E-state index in [1.165, 1.54) is 16.6 Å². The maximum Gasteiger partial charge on any atom is 0.237 e. The SMILES string of the molecule is O=C(CN1CCN(c2ccccc2)CC1)N1CCc2c([nH]c3ccccc23)C1c1cccnc1. The number of hydrogen-bond acceptors (Lipinski definition) is 4. The number of fused-ring (bicyclic) bond motifs is 3. The van der Waals surface area contributed by atoms with Crippen molar-refractivity contribution in [2.45, 2.75) is 12.5 Å². The van der Waals surface area contributed by atoms with E-state index in [2.05, 4.69) is 79.3 Å². The molecule has 2 aliphatic heterocycles. The van der Waals surface area contributed by atoms with E-state index >= 15 is 0 Å². The standard InChI is InChI=1S/C28H29N5O/c34-26(20-31-15-17-32(18-16-31)22-8-2-1-3-9-22)33-14-12-24-23-10-4-5-11-25(23)30-27(24)28(33)21-7-6-13-29-19-21/h1-11,13,19,28,30H,12,14-18,20H2. The van der Waals surface area contributed by atoms with E-state index < -0.39 is 0 Å². The number of nitrogens with one attached hydrogen (secondary N) is 1. The minimum Gasteiger partial charge on any atom is -0.369 e. The van der Waals surface area contributed by atoms with Gasteiger partial charge in [0.2, 0.25) is 5.91 Å². The number of para-hydroxylation sites is 2. The number of carbonyl (C=O) groups is 1. The molecule has 1 unspecified atom stereocenters. The molecule has 6 rings (SSSR count). The summed E-state index contributed by atoms with van der Waals surface area (Å²) in [5.41, 5.74) is 5.89. The van der Waals surface area contributed by atoms with Gasteiger partial charge in [0, 0.05) is 67.4 Å². The molecule has 172 valence electrons. The maximum atomic E-state index is 13.7. The number of pyridine rings is 1. The van der Waals surface area contributed by atoms with E-state index in [-0.39, 0.29) is 11.9 Å². The van der Waals surface area contributed by atoms with E-state index in [0.29, 0.717) is 6.54 Å². The molecule has 2 aromatic heterocycles. The third-order valence-electron chi connectivity index (χ3n) is 7.21. The first-order valence-corrected chi connectivity index (χ1v) is 12.1. The summed E-state index contributed by atoms with van der Waals surface area (Å²) in [4.78, 5) is 28.4. The highest BCUT2D eigenvalue weighted by Gasteiger charge is 2.35. The molecule has 34 heavy (non-hydrogen) atoms. The summed E-state index contributed by atoms with van der Waals surface area (Å²) >= 11 is 0. The Bertz CT molecular complexity index is 1280. The topological polar surface area (TPSA) is 55.5 Å². The molecule has 4 heterocycles. The molecule has 1 fully saturated rings. The fraction of sp³-hybridized carbons (Fsp3) is 0.286. The quantitative estimate of drug-likeness (QED) is 0.512. The zero-order valence-corrected chi connectivity index (χ0v) is 19.2. The largest absolute Gasteiger partial charge is 0.369 e. The van der Waals surface area contributed by atoms with Gasteiger partial charge in [-0.1, -0.05) is 42.5 Å². The second-order valence-electron chi connectivity index (χ2n) is 9.19. The van der Waals surface area contributed by atoms with Gasteiger partial charge in [-0.25, -0.2) is 0 Å². The highest BCUT2D eigenvalue weighted by atomic mass is 16.2. The molecule has 4 aromatic rings. The minimum atomic E-state index is -0.136. The van der Waals surface area contributed by atoms with E-state index in [1.54, 1.807) is 6.20 Å². The van der Waals surface area contributed by atoms with Gasteiger partial charge < -0.3 is 14.8 Å². The zero-order valence-electron chi connectivity index (χ0n) is 19.2. The van der Waals surface area contributed by atoms with Crippen LogP contribution in [0.5, 0.6) is 0 Å². The molecule has 1 atom stereocenters. The number of rotatable bonds is 4. The summed E-state index contributed by atoms with van der Waals surface area (Å²) in [5, 5.41) is 1.26. The van der Waals surface area contributed by atoms with Crippen LogP contribution in [-0.2, 0) is 11.2 Å². The van der Waals surface area contributed by atoms with Crippen molar-refractivity contribution in [3.63, 3.8) is 0 Å². The highest BCUT2D eigenvalue weighted by Crippen LogP contribution is 2.38. The fourth-order valence-electron chi connectivity index (χ4n) is 5.48. The number of nitrogens with zero attached hydrogens (tertiary/aromatic N) is 4. The smallest absolute Gasteiger partial charge is 0.237 e. The highest BCUT2D eigenvalue weighted by molar-refractivity contribution is 5.87. The molecule has 2 aromatic carbocycles. The van der Waals surface area contributed by atoms with Crippen molar-refractivity contribution in [3.8, 4) is 0 Å². The van der Waals surface area contributed by atoms with Gasteiger partial charge >= 0.3 is 0 Å². The van der Waals surface area contributed by atoms with E-state index in [1.807, 2.05) is 18.3 Å². The van der Waals surface area contributed by atoms with E-state index in [9.17, 15) is 4.79 Å². The van der Waals surface area contributed by atoms with Gasteiger partial charge in [-0.3, -0.25) is 14.7 Å². The monoisotopic (exact) mass is 451 g/mol. The second-order valence-corrected chi connectivity index (χ2v) is 9.19. The Morgan fingerprint density at radius 3 is 2.50 bits per heavy atom. The Kier molecular flexibility index (Phi) is 5.51. The van der Waals surface area contributed by atoms with Crippen LogP contribution in [-0.4, -0.2) is 64.9 Å². The lowest BCUT2D eigenvalue weighted by Crippen LogP contribution is -2.51. The van der Waals surface area contributed by atoms with Gasteiger partial charge in [-0.2, -0.15) is 0 Å². The average Bonchev–Trinajstić information content (AvgIpc) is 3.28. The number of hydrogen-bond donors (Lipinski definition) is 1. The van der Waals surface area contributed by atoms with Crippen LogP contribution in [0.4, 0.5) is 5.69 Å². The number of carbonyl (C=O) groups excluding carboxylic acids is 1. The minimum absolute atomic E-state index is 0.136. The predicted molar refractivity (Wildman–Crippen MR) is 135 cm³/mol. The van der Waals surface area contributed by atoms with Crippen LogP contribution in [0.15, 0.2) is 79.1 Å². The molecular weight excluding hydrogens is 422 g/mol. The zero-order chi connectivity index (χ0) is 22.9. The van der Waals surface area contributed by atoms with Gasteiger partial charge in [0.05, 0.1) is 12.6 Å². The Hall–Kier alpha value is -3.64. The summed E-state index contributed by atoms with van der Waals surface area (Å²) in [6.07, 6.45) is 4.55. The van der Waals surface area contributed by atoms with Gasteiger partial charge in [-0.15, -0.1) is 0 Å². The maximum absolute atomic E-state index is 13.7. The predicted octanol–water partition coefficient (Wildman–Crippen LogP) is 3.86. The number of H-pyrrole nitrogens is 1. The molecule has 1 amide bonds. The van der Waals surface area contributed by atoms with Crippen LogP contribution in [0.3, 0.4) is 0 Å². The molecule has 0 radical (unpaired) electrons. The van der Waals surface area contributed by atoms with Gasteiger partial charge in [0.1, 0.15) is 0 Å². The molecule has 6 heteroatoms. The number of aromatic nitrogens is 2. The van der Waals surface area contributed by atoms with Crippen molar-refractivity contribution in [3.05, 3.63) is 95.9 Å². The van der Waals surface area contributed by atoms with Crippen LogP contribution in [0.25, 0.3) is 10.9 Å². The third kappa shape index (κ3) is 3.84. The first kappa shape index (κ1) is 20.9. The second kappa shape index (κ2) is 8.95. The molecule has 1 saturated heterocycles. The van der Waals surface area contributed by atoms with Crippen molar-refractivity contribution in [2.75, 3.05) is 44.2 Å². The third-order valence-corrected chi connectivity index (χ3v) is 7.21. The summed E-state index contributed by atoms with van der Waals surface area (Å²) < 4.78 is 0. The number of benzene rings is 2. The number of aromatic amines is 1. The number of amides is 1. The molecule has 0 spiro atoms. The fourth-order valence-corrected chi connectivity index (χ4v) is 5.48. The molecule has 0 bridgehead atoms. The van der Waals surface area contributed by atoms with Crippen molar-refractivity contribution in [1.82, 2.24) is 19.8 Å². The van der Waals surface area contributed by atoms with Crippen molar-refractivity contribution in [1.29, 1.82) is 0 Å². The van der Waals surface area contributed by atoms with E-state index in [0.717, 1.165) is 55.9 Å². The molecule has 0 saturated carbocycles. The first-order chi connectivity index (χ1) is 16.8. The van der Waals surface area contributed by atoms with Crippen LogP contribution in [0, 0.1) is 0 Å². The lowest BCUT2D eigenvalue weighted by molar-refractivity contribution is -0.134. The van der Waals surface area contributed by atoms with Crippen LogP contribution in [0.1, 0.15) is 22.9 Å². The van der Waals surface area contributed by atoms with Crippen LogP contribution < -0.4 is 4.90 Å². The molecule has 0 aliphatic carbocycles. The van der Waals surface area contributed by atoms with Gasteiger partial charge in [0.25, 0.3) is 0 Å². The van der Waals surface area contributed by atoms with Crippen molar-refractivity contribution in [2.24, 2.45) is 0 Å². The van der Waals surface area contributed by atoms with Gasteiger partial charge in [-0.05, 0) is 41.8 Å². The molecule has 1 N–H and O–H groups in total. The lowest BCUT2D eigenvalue weighted by Gasteiger charge is -2.39. The van der Waals surface area contributed by atoms with Crippen LogP contribution in [0.2, 0.25) is 0 Å². The Balaban J connectivity index is 1.23. The number of anilines is 1. The van der Waals surface area contributed by atoms with E-state index in [4.69, 9.17) is 0 Å². The molecular formula is C28H29N5O. The normalized spacial score (nSPS) is 18.8. The lowest BCUT2D eigenvalue weighted by atomic mass is 9.93. The molecule has 2 aliphatic rings. The van der Waals surface area contributed by atoms with Crippen molar-refractivity contribution >= 4 is 22.5 Å². The Morgan fingerprint density at radius 2 is 1.71 bits per heavy atom. The Labute approximate surface area is 199 Å². The first-order valence-electron chi connectivity index (χ1n) is 12.1. The molecule has 6 nitrogen and oxygen atoms in total. The summed E-state index contributed by atoms with van der Waals surface area (Å²) in [7, 11) is 0. The van der Waals surface area contributed by atoms with Gasteiger partial charge in [0.15, 0.2) is 0 Å². The summed E-state index contributed by atoms with van der Waals surface area (Å²) in [5.74, 6) is 0.186. The summed E-state index contributed by atoms with van der Waals surface area (Å²) in [6, 6.07) is 22.9. The Morgan fingerprint density at radius 1 is 0.912 bits per heavy atom. The van der Waals surface area contributed by atoms with Crippen molar-refractivity contribution < 1.29 is 4.79 Å².